The molecule has 0 aliphatic carbocycles. The summed E-state index contributed by atoms with van der Waals surface area (Å²) in [6, 6.07) is 11.0. The summed E-state index contributed by atoms with van der Waals surface area (Å²) in [5, 5.41) is 14.3. The van der Waals surface area contributed by atoms with Crippen LogP contribution in [0.1, 0.15) is 48.0 Å². The van der Waals surface area contributed by atoms with E-state index in [1.165, 1.54) is 10.4 Å². The maximum absolute atomic E-state index is 12.8. The third-order valence-corrected chi connectivity index (χ3v) is 8.12. The summed E-state index contributed by atoms with van der Waals surface area (Å²) in [6.45, 7) is 2.82. The van der Waals surface area contributed by atoms with Gasteiger partial charge in [-0.1, -0.05) is 18.6 Å². The average Bonchev–Trinajstić information content (AvgIpc) is 3.38. The fraction of sp³-hybridized carbons (Fsp3) is 0.435. The zero-order chi connectivity index (χ0) is 23.4. The third-order valence-electron chi connectivity index (χ3n) is 6.21. The SMILES string of the molecule is O=C(NCc1ccc(S(=O)(=O)N2CCCCC2)cc1)c1ccc(N2CCCC2)c([N+](=O)[O-])c1. The van der Waals surface area contributed by atoms with E-state index in [1.807, 2.05) is 4.90 Å². The molecule has 2 heterocycles. The Morgan fingerprint density at radius 2 is 1.58 bits per heavy atom. The Morgan fingerprint density at radius 1 is 0.939 bits per heavy atom. The van der Waals surface area contributed by atoms with Crippen LogP contribution in [-0.2, 0) is 16.6 Å². The molecule has 2 aromatic rings. The number of carbonyl (C=O) groups is 1. The Morgan fingerprint density at radius 3 is 2.21 bits per heavy atom. The number of nitro benzene ring substituents is 1. The summed E-state index contributed by atoms with van der Waals surface area (Å²) in [5.41, 5.74) is 1.43. The van der Waals surface area contributed by atoms with Crippen molar-refractivity contribution in [2.24, 2.45) is 0 Å². The van der Waals surface area contributed by atoms with E-state index in [9.17, 15) is 23.3 Å². The van der Waals surface area contributed by atoms with Crippen LogP contribution in [0.2, 0.25) is 0 Å². The number of benzene rings is 2. The molecule has 10 heteroatoms. The molecule has 1 N–H and O–H groups in total. The highest BCUT2D eigenvalue weighted by atomic mass is 32.2. The second-order valence-electron chi connectivity index (χ2n) is 8.45. The molecule has 1 amide bonds. The fourth-order valence-corrected chi connectivity index (χ4v) is 5.87. The van der Waals surface area contributed by atoms with Crippen LogP contribution in [0, 0.1) is 10.1 Å². The lowest BCUT2D eigenvalue weighted by atomic mass is 10.1. The van der Waals surface area contributed by atoms with Crippen LogP contribution in [0.5, 0.6) is 0 Å². The number of sulfonamides is 1. The summed E-state index contributed by atoms with van der Waals surface area (Å²) in [7, 11) is -3.50. The Balaban J connectivity index is 1.41. The van der Waals surface area contributed by atoms with Crippen LogP contribution >= 0.6 is 0 Å². The van der Waals surface area contributed by atoms with E-state index in [0.29, 0.717) is 18.8 Å². The van der Waals surface area contributed by atoms with Gasteiger partial charge >= 0.3 is 0 Å². The van der Waals surface area contributed by atoms with E-state index < -0.39 is 20.9 Å². The number of nitrogens with zero attached hydrogens (tertiary/aromatic N) is 3. The van der Waals surface area contributed by atoms with Gasteiger partial charge in [0.05, 0.1) is 9.82 Å². The van der Waals surface area contributed by atoms with E-state index in [2.05, 4.69) is 5.32 Å². The predicted molar refractivity (Wildman–Crippen MR) is 125 cm³/mol. The fourth-order valence-electron chi connectivity index (χ4n) is 4.35. The summed E-state index contributed by atoms with van der Waals surface area (Å²) in [4.78, 5) is 25.9. The zero-order valence-electron chi connectivity index (χ0n) is 18.4. The summed E-state index contributed by atoms with van der Waals surface area (Å²) in [6.07, 6.45) is 4.80. The molecule has 0 aromatic heterocycles. The summed E-state index contributed by atoms with van der Waals surface area (Å²) >= 11 is 0. The van der Waals surface area contributed by atoms with E-state index in [4.69, 9.17) is 0 Å². The van der Waals surface area contributed by atoms with Gasteiger partial charge in [-0.05, 0) is 55.5 Å². The van der Waals surface area contributed by atoms with E-state index >= 15 is 0 Å². The summed E-state index contributed by atoms with van der Waals surface area (Å²) in [5.74, 6) is -0.420. The van der Waals surface area contributed by atoms with E-state index in [0.717, 1.165) is 50.8 Å². The van der Waals surface area contributed by atoms with Gasteiger partial charge in [-0.3, -0.25) is 14.9 Å². The molecule has 4 rings (SSSR count). The minimum absolute atomic E-state index is 0.0724. The first kappa shape index (κ1) is 23.2. The molecule has 2 aromatic carbocycles. The normalized spacial score (nSPS) is 17.2. The molecule has 0 radical (unpaired) electrons. The topological polar surface area (TPSA) is 113 Å². The lowest BCUT2D eigenvalue weighted by Gasteiger charge is -2.25. The molecule has 33 heavy (non-hydrogen) atoms. The van der Waals surface area contributed by atoms with E-state index in [1.54, 1.807) is 36.4 Å². The number of rotatable bonds is 7. The molecular formula is C23H28N4O5S. The molecule has 0 unspecified atom stereocenters. The number of nitro groups is 1. The standard InChI is InChI=1S/C23H28N4O5S/c28-23(19-8-11-21(22(16-19)27(29)30)25-12-4-5-13-25)24-17-18-6-9-20(10-7-18)33(31,32)26-14-2-1-3-15-26/h6-11,16H,1-5,12-15,17H2,(H,24,28). The van der Waals surface area contributed by atoms with Crippen molar-refractivity contribution in [3.05, 3.63) is 63.7 Å². The first-order chi connectivity index (χ1) is 15.9. The number of nitrogens with one attached hydrogen (secondary N) is 1. The Bertz CT molecular complexity index is 1120. The van der Waals surface area contributed by atoms with Gasteiger partial charge in [0.15, 0.2) is 0 Å². The van der Waals surface area contributed by atoms with Gasteiger partial charge in [0, 0.05) is 44.4 Å². The molecule has 2 saturated heterocycles. The molecule has 0 atom stereocenters. The van der Waals surface area contributed by atoms with Crippen molar-refractivity contribution < 1.29 is 18.1 Å². The summed E-state index contributed by atoms with van der Waals surface area (Å²) < 4.78 is 27.0. The maximum atomic E-state index is 12.8. The van der Waals surface area contributed by atoms with Crippen molar-refractivity contribution in [2.45, 2.75) is 43.5 Å². The largest absolute Gasteiger partial charge is 0.366 e. The van der Waals surface area contributed by atoms with Crippen molar-refractivity contribution in [3.8, 4) is 0 Å². The van der Waals surface area contributed by atoms with Gasteiger partial charge in [0.25, 0.3) is 11.6 Å². The number of hydrogen-bond donors (Lipinski definition) is 1. The van der Waals surface area contributed by atoms with E-state index in [-0.39, 0.29) is 22.7 Å². The lowest BCUT2D eigenvalue weighted by Crippen LogP contribution is -2.35. The van der Waals surface area contributed by atoms with Crippen LogP contribution in [0.25, 0.3) is 0 Å². The van der Waals surface area contributed by atoms with Crippen molar-refractivity contribution in [3.63, 3.8) is 0 Å². The van der Waals surface area contributed by atoms with Crippen LogP contribution in [0.15, 0.2) is 47.4 Å². The van der Waals surface area contributed by atoms with Crippen LogP contribution in [0.3, 0.4) is 0 Å². The number of amides is 1. The minimum atomic E-state index is -3.50. The highest BCUT2D eigenvalue weighted by Crippen LogP contribution is 2.31. The lowest BCUT2D eigenvalue weighted by molar-refractivity contribution is -0.384. The Hall–Kier alpha value is -2.98. The second-order valence-corrected chi connectivity index (χ2v) is 10.4. The second kappa shape index (κ2) is 9.88. The number of carbonyl (C=O) groups excluding carboxylic acids is 1. The van der Waals surface area contributed by atoms with Gasteiger partial charge in [-0.25, -0.2) is 8.42 Å². The third kappa shape index (κ3) is 5.17. The first-order valence-electron chi connectivity index (χ1n) is 11.3. The smallest absolute Gasteiger partial charge is 0.293 e. The Labute approximate surface area is 193 Å². The number of hydrogen-bond acceptors (Lipinski definition) is 6. The minimum Gasteiger partial charge on any atom is -0.366 e. The molecule has 9 nitrogen and oxygen atoms in total. The van der Waals surface area contributed by atoms with Crippen LogP contribution in [-0.4, -0.2) is 49.7 Å². The molecular weight excluding hydrogens is 444 g/mol. The highest BCUT2D eigenvalue weighted by molar-refractivity contribution is 7.89. The van der Waals surface area contributed by atoms with Crippen molar-refractivity contribution >= 4 is 27.3 Å². The monoisotopic (exact) mass is 472 g/mol. The molecule has 0 bridgehead atoms. The molecule has 2 fully saturated rings. The van der Waals surface area contributed by atoms with Gasteiger partial charge in [-0.2, -0.15) is 4.31 Å². The number of anilines is 1. The number of piperidine rings is 1. The van der Waals surface area contributed by atoms with Gasteiger partial charge < -0.3 is 10.2 Å². The molecule has 0 spiro atoms. The van der Waals surface area contributed by atoms with Crippen molar-refractivity contribution in [2.75, 3.05) is 31.1 Å². The first-order valence-corrected chi connectivity index (χ1v) is 12.7. The van der Waals surface area contributed by atoms with Gasteiger partial charge in [0.1, 0.15) is 5.69 Å². The van der Waals surface area contributed by atoms with Crippen LogP contribution < -0.4 is 10.2 Å². The average molecular weight is 473 g/mol. The quantitative estimate of drug-likeness (QED) is 0.489. The highest BCUT2D eigenvalue weighted by Gasteiger charge is 2.26. The van der Waals surface area contributed by atoms with Crippen LogP contribution in [0.4, 0.5) is 11.4 Å². The molecule has 2 aliphatic heterocycles. The van der Waals surface area contributed by atoms with Gasteiger partial charge in [0.2, 0.25) is 10.0 Å². The maximum Gasteiger partial charge on any atom is 0.293 e. The predicted octanol–water partition coefficient (Wildman–Crippen LogP) is 3.30. The van der Waals surface area contributed by atoms with Crippen molar-refractivity contribution in [1.29, 1.82) is 0 Å². The van der Waals surface area contributed by atoms with Gasteiger partial charge in [-0.15, -0.1) is 0 Å². The molecule has 2 aliphatic rings. The molecule has 0 saturated carbocycles. The Kier molecular flexibility index (Phi) is 6.94. The van der Waals surface area contributed by atoms with Crippen molar-refractivity contribution in [1.82, 2.24) is 9.62 Å². The zero-order valence-corrected chi connectivity index (χ0v) is 19.2. The molecule has 176 valence electrons.